The fourth-order valence-corrected chi connectivity index (χ4v) is 1.30. The second kappa shape index (κ2) is 3.87. The van der Waals surface area contributed by atoms with Gasteiger partial charge in [0.15, 0.2) is 0 Å². The summed E-state index contributed by atoms with van der Waals surface area (Å²) in [7, 11) is 0. The van der Waals surface area contributed by atoms with Crippen LogP contribution in [0.15, 0.2) is 0 Å². The molecular weight excluding hydrogens is 154 g/mol. The molecule has 1 atom stereocenters. The summed E-state index contributed by atoms with van der Waals surface area (Å²) in [5.74, 6) is 0.439. The van der Waals surface area contributed by atoms with Crippen LogP contribution in [-0.2, 0) is 4.79 Å². The zero-order valence-corrected chi connectivity index (χ0v) is 7.71. The molecule has 1 saturated heterocycles. The van der Waals surface area contributed by atoms with E-state index in [1.54, 1.807) is 4.90 Å². The van der Waals surface area contributed by atoms with Crippen molar-refractivity contribution in [3.63, 3.8) is 0 Å². The van der Waals surface area contributed by atoms with E-state index in [1.165, 1.54) is 0 Å². The molecule has 0 aromatic rings. The molecule has 0 aliphatic carbocycles. The molecule has 0 aromatic heterocycles. The van der Waals surface area contributed by atoms with Gasteiger partial charge in [-0.25, -0.2) is 0 Å². The second-order valence-electron chi connectivity index (χ2n) is 3.50. The summed E-state index contributed by atoms with van der Waals surface area (Å²) in [4.78, 5) is 13.1. The number of rotatable bonds is 2. The average Bonchev–Trinajstić information content (AvgIpc) is 2.04. The predicted molar refractivity (Wildman–Crippen MR) is 47.4 cm³/mol. The monoisotopic (exact) mass is 171 g/mol. The SMILES string of the molecule is CC(C)C(N)N1CCNCC1=O. The Labute approximate surface area is 73.1 Å². The quantitative estimate of drug-likeness (QED) is 0.581. The van der Waals surface area contributed by atoms with Crippen LogP contribution >= 0.6 is 0 Å². The van der Waals surface area contributed by atoms with E-state index in [2.05, 4.69) is 5.32 Å². The normalized spacial score (nSPS) is 21.7. The van der Waals surface area contributed by atoms with Crippen LogP contribution in [0.4, 0.5) is 0 Å². The second-order valence-corrected chi connectivity index (χ2v) is 3.50. The third kappa shape index (κ3) is 1.95. The van der Waals surface area contributed by atoms with E-state index in [4.69, 9.17) is 5.73 Å². The molecule has 0 spiro atoms. The Morgan fingerprint density at radius 2 is 2.25 bits per heavy atom. The minimum atomic E-state index is -0.125. The van der Waals surface area contributed by atoms with Gasteiger partial charge in [0.25, 0.3) is 0 Å². The molecule has 3 N–H and O–H groups in total. The summed E-state index contributed by atoms with van der Waals surface area (Å²) in [5.41, 5.74) is 5.86. The molecule has 12 heavy (non-hydrogen) atoms. The van der Waals surface area contributed by atoms with Crippen molar-refractivity contribution in [2.75, 3.05) is 19.6 Å². The molecule has 1 heterocycles. The average molecular weight is 171 g/mol. The lowest BCUT2D eigenvalue weighted by atomic mass is 10.1. The molecule has 0 saturated carbocycles. The van der Waals surface area contributed by atoms with Crippen LogP contribution in [0, 0.1) is 5.92 Å². The fourth-order valence-electron chi connectivity index (χ4n) is 1.30. The van der Waals surface area contributed by atoms with Crippen LogP contribution in [0.1, 0.15) is 13.8 Å². The van der Waals surface area contributed by atoms with Gasteiger partial charge in [-0.15, -0.1) is 0 Å². The number of nitrogens with two attached hydrogens (primary N) is 1. The highest BCUT2D eigenvalue weighted by Gasteiger charge is 2.24. The van der Waals surface area contributed by atoms with Gasteiger partial charge in [0.2, 0.25) is 5.91 Å². The van der Waals surface area contributed by atoms with Crippen LogP contribution in [0.25, 0.3) is 0 Å². The number of hydrogen-bond acceptors (Lipinski definition) is 3. The number of amides is 1. The number of nitrogens with one attached hydrogen (secondary N) is 1. The van der Waals surface area contributed by atoms with Crippen molar-refractivity contribution >= 4 is 5.91 Å². The van der Waals surface area contributed by atoms with Gasteiger partial charge < -0.3 is 16.0 Å². The maximum atomic E-state index is 11.3. The van der Waals surface area contributed by atoms with Gasteiger partial charge in [-0.05, 0) is 5.92 Å². The Morgan fingerprint density at radius 1 is 1.58 bits per heavy atom. The molecule has 0 aromatic carbocycles. The molecule has 4 nitrogen and oxygen atoms in total. The molecule has 1 amide bonds. The Kier molecular flexibility index (Phi) is 3.05. The molecule has 1 unspecified atom stereocenters. The largest absolute Gasteiger partial charge is 0.325 e. The first-order chi connectivity index (χ1) is 5.63. The van der Waals surface area contributed by atoms with E-state index in [1.807, 2.05) is 13.8 Å². The number of carbonyl (C=O) groups excluding carboxylic acids is 1. The van der Waals surface area contributed by atoms with E-state index >= 15 is 0 Å². The van der Waals surface area contributed by atoms with Crippen molar-refractivity contribution in [2.24, 2.45) is 11.7 Å². The van der Waals surface area contributed by atoms with E-state index < -0.39 is 0 Å². The molecule has 1 rings (SSSR count). The number of nitrogens with zero attached hydrogens (tertiary/aromatic N) is 1. The summed E-state index contributed by atoms with van der Waals surface area (Å²) in [6.07, 6.45) is -0.125. The number of piperazine rings is 1. The summed E-state index contributed by atoms with van der Waals surface area (Å²) in [5, 5.41) is 3.01. The summed E-state index contributed by atoms with van der Waals surface area (Å²) >= 11 is 0. The van der Waals surface area contributed by atoms with Crippen LogP contribution in [-0.4, -0.2) is 36.6 Å². The first-order valence-electron chi connectivity index (χ1n) is 4.38. The summed E-state index contributed by atoms with van der Waals surface area (Å²) in [6.45, 7) is 6.07. The molecule has 0 radical (unpaired) electrons. The van der Waals surface area contributed by atoms with Crippen molar-refractivity contribution in [1.29, 1.82) is 0 Å². The van der Waals surface area contributed by atoms with Crippen molar-refractivity contribution in [3.05, 3.63) is 0 Å². The van der Waals surface area contributed by atoms with Gasteiger partial charge in [0, 0.05) is 13.1 Å². The van der Waals surface area contributed by atoms with E-state index in [0.717, 1.165) is 13.1 Å². The van der Waals surface area contributed by atoms with Gasteiger partial charge >= 0.3 is 0 Å². The van der Waals surface area contributed by atoms with Crippen molar-refractivity contribution < 1.29 is 4.79 Å². The van der Waals surface area contributed by atoms with E-state index in [0.29, 0.717) is 12.5 Å². The fraction of sp³-hybridized carbons (Fsp3) is 0.875. The standard InChI is InChI=1S/C8H17N3O/c1-6(2)8(9)11-4-3-10-5-7(11)12/h6,8,10H,3-5,9H2,1-2H3. The minimum Gasteiger partial charge on any atom is -0.325 e. The molecule has 1 aliphatic heterocycles. The first-order valence-corrected chi connectivity index (χ1v) is 4.38. The van der Waals surface area contributed by atoms with Crippen LogP contribution in [0.5, 0.6) is 0 Å². The summed E-state index contributed by atoms with van der Waals surface area (Å²) < 4.78 is 0. The first kappa shape index (κ1) is 9.48. The Balaban J connectivity index is 2.53. The Morgan fingerprint density at radius 3 is 2.75 bits per heavy atom. The highest BCUT2D eigenvalue weighted by atomic mass is 16.2. The van der Waals surface area contributed by atoms with Crippen molar-refractivity contribution in [3.8, 4) is 0 Å². The highest BCUT2D eigenvalue weighted by molar-refractivity contribution is 5.79. The van der Waals surface area contributed by atoms with Crippen LogP contribution in [0.3, 0.4) is 0 Å². The summed E-state index contributed by atoms with van der Waals surface area (Å²) in [6, 6.07) is 0. The third-order valence-corrected chi connectivity index (χ3v) is 2.17. The maximum Gasteiger partial charge on any atom is 0.237 e. The molecule has 70 valence electrons. The molecule has 0 bridgehead atoms. The Bertz CT molecular complexity index is 170. The third-order valence-electron chi connectivity index (χ3n) is 2.17. The van der Waals surface area contributed by atoms with Crippen LogP contribution in [0.2, 0.25) is 0 Å². The van der Waals surface area contributed by atoms with Gasteiger partial charge in [-0.2, -0.15) is 0 Å². The molecule has 1 aliphatic rings. The van der Waals surface area contributed by atoms with Crippen LogP contribution < -0.4 is 11.1 Å². The van der Waals surface area contributed by atoms with Gasteiger partial charge in [-0.1, -0.05) is 13.8 Å². The lowest BCUT2D eigenvalue weighted by Gasteiger charge is -2.34. The molecular formula is C8H17N3O. The molecule has 4 heteroatoms. The molecule has 1 fully saturated rings. The number of hydrogen-bond donors (Lipinski definition) is 2. The topological polar surface area (TPSA) is 58.4 Å². The zero-order valence-electron chi connectivity index (χ0n) is 7.71. The predicted octanol–water partition coefficient (Wildman–Crippen LogP) is -0.641. The number of carbonyl (C=O) groups is 1. The van der Waals surface area contributed by atoms with Gasteiger partial charge in [0.1, 0.15) is 0 Å². The lowest BCUT2D eigenvalue weighted by Crippen LogP contribution is -2.57. The highest BCUT2D eigenvalue weighted by Crippen LogP contribution is 2.06. The van der Waals surface area contributed by atoms with Crippen molar-refractivity contribution in [2.45, 2.75) is 20.0 Å². The lowest BCUT2D eigenvalue weighted by molar-refractivity contribution is -0.135. The zero-order chi connectivity index (χ0) is 9.14. The van der Waals surface area contributed by atoms with E-state index in [9.17, 15) is 4.79 Å². The smallest absolute Gasteiger partial charge is 0.237 e. The van der Waals surface area contributed by atoms with Gasteiger partial charge in [0.05, 0.1) is 12.7 Å². The minimum absolute atomic E-state index is 0.113. The Hall–Kier alpha value is -0.610. The van der Waals surface area contributed by atoms with Gasteiger partial charge in [-0.3, -0.25) is 4.79 Å². The van der Waals surface area contributed by atoms with E-state index in [-0.39, 0.29) is 12.1 Å². The van der Waals surface area contributed by atoms with Crippen molar-refractivity contribution in [1.82, 2.24) is 10.2 Å². The maximum absolute atomic E-state index is 11.3.